The second-order valence-corrected chi connectivity index (χ2v) is 7.91. The Kier molecular flexibility index (Phi) is 4.48. The summed E-state index contributed by atoms with van der Waals surface area (Å²) in [5.41, 5.74) is 1.59. The molecule has 5 nitrogen and oxygen atoms in total. The monoisotopic (exact) mass is 340 g/mol. The Labute approximate surface area is 149 Å². The SMILES string of the molecule is CC1CCCCC1N(C)C(=O)c1cnc2c(cnn2C2CCCC2)c1. The zero-order valence-corrected chi connectivity index (χ0v) is 15.3. The maximum Gasteiger partial charge on any atom is 0.255 e. The van der Waals surface area contributed by atoms with Crippen molar-refractivity contribution in [3.05, 3.63) is 24.0 Å². The van der Waals surface area contributed by atoms with Crippen molar-refractivity contribution >= 4 is 16.9 Å². The Morgan fingerprint density at radius 2 is 1.84 bits per heavy atom. The molecule has 4 rings (SSSR count). The first-order valence-electron chi connectivity index (χ1n) is 9.75. The summed E-state index contributed by atoms with van der Waals surface area (Å²) in [6.07, 6.45) is 13.3. The van der Waals surface area contributed by atoms with Crippen molar-refractivity contribution in [2.75, 3.05) is 7.05 Å². The predicted molar refractivity (Wildman–Crippen MR) is 98.5 cm³/mol. The van der Waals surface area contributed by atoms with Crippen LogP contribution in [0.25, 0.3) is 11.0 Å². The van der Waals surface area contributed by atoms with Crippen molar-refractivity contribution in [1.82, 2.24) is 19.7 Å². The fourth-order valence-electron chi connectivity index (χ4n) is 4.70. The molecular formula is C20H28N4O. The molecule has 0 radical (unpaired) electrons. The zero-order chi connectivity index (χ0) is 17.4. The molecule has 2 aromatic rings. The van der Waals surface area contributed by atoms with Crippen LogP contribution in [0.3, 0.4) is 0 Å². The summed E-state index contributed by atoms with van der Waals surface area (Å²) >= 11 is 0. The first kappa shape index (κ1) is 16.6. The first-order chi connectivity index (χ1) is 12.1. The second-order valence-electron chi connectivity index (χ2n) is 7.91. The summed E-state index contributed by atoms with van der Waals surface area (Å²) in [4.78, 5) is 19.5. The highest BCUT2D eigenvalue weighted by Crippen LogP contribution is 2.32. The van der Waals surface area contributed by atoms with E-state index in [4.69, 9.17) is 0 Å². The van der Waals surface area contributed by atoms with Crippen LogP contribution >= 0.6 is 0 Å². The van der Waals surface area contributed by atoms with E-state index in [9.17, 15) is 4.79 Å². The van der Waals surface area contributed by atoms with Gasteiger partial charge in [0.05, 0.1) is 17.8 Å². The number of carbonyl (C=O) groups excluding carboxylic acids is 1. The lowest BCUT2D eigenvalue weighted by atomic mass is 9.85. The van der Waals surface area contributed by atoms with Crippen LogP contribution in [-0.4, -0.2) is 38.7 Å². The molecule has 2 fully saturated rings. The molecule has 2 heterocycles. The average Bonchev–Trinajstić information content (AvgIpc) is 3.29. The number of rotatable bonds is 3. The minimum Gasteiger partial charge on any atom is -0.338 e. The predicted octanol–water partition coefficient (Wildman–Crippen LogP) is 4.20. The third kappa shape index (κ3) is 3.05. The minimum absolute atomic E-state index is 0.0850. The number of nitrogens with zero attached hydrogens (tertiary/aromatic N) is 4. The van der Waals surface area contributed by atoms with Crippen LogP contribution in [0, 0.1) is 5.92 Å². The van der Waals surface area contributed by atoms with Gasteiger partial charge in [-0.15, -0.1) is 0 Å². The fourth-order valence-corrected chi connectivity index (χ4v) is 4.70. The largest absolute Gasteiger partial charge is 0.338 e. The van der Waals surface area contributed by atoms with Crippen LogP contribution in [0.2, 0.25) is 0 Å². The van der Waals surface area contributed by atoms with Crippen molar-refractivity contribution in [2.24, 2.45) is 5.92 Å². The van der Waals surface area contributed by atoms with Crippen molar-refractivity contribution < 1.29 is 4.79 Å². The Hall–Kier alpha value is -1.91. The molecule has 2 atom stereocenters. The molecule has 0 saturated heterocycles. The normalized spacial score (nSPS) is 24.7. The van der Waals surface area contributed by atoms with Crippen LogP contribution in [-0.2, 0) is 0 Å². The quantitative estimate of drug-likeness (QED) is 0.841. The third-order valence-electron chi connectivity index (χ3n) is 6.23. The topological polar surface area (TPSA) is 51.0 Å². The Morgan fingerprint density at radius 3 is 2.60 bits per heavy atom. The van der Waals surface area contributed by atoms with E-state index in [1.165, 1.54) is 44.9 Å². The molecule has 2 aromatic heterocycles. The van der Waals surface area contributed by atoms with E-state index in [0.717, 1.165) is 17.5 Å². The number of carbonyl (C=O) groups is 1. The van der Waals surface area contributed by atoms with Gasteiger partial charge in [-0.05, 0) is 37.7 Å². The van der Waals surface area contributed by atoms with Gasteiger partial charge in [-0.3, -0.25) is 4.79 Å². The molecule has 0 bridgehead atoms. The maximum atomic E-state index is 13.0. The summed E-state index contributed by atoms with van der Waals surface area (Å²) in [6, 6.07) is 2.78. The van der Waals surface area contributed by atoms with Gasteiger partial charge in [0.25, 0.3) is 5.91 Å². The highest BCUT2D eigenvalue weighted by Gasteiger charge is 2.29. The van der Waals surface area contributed by atoms with Crippen LogP contribution < -0.4 is 0 Å². The molecule has 2 saturated carbocycles. The fraction of sp³-hybridized carbons (Fsp3) is 0.650. The van der Waals surface area contributed by atoms with Crippen LogP contribution in [0.15, 0.2) is 18.5 Å². The Morgan fingerprint density at radius 1 is 1.12 bits per heavy atom. The number of pyridine rings is 1. The molecule has 2 aliphatic carbocycles. The van der Waals surface area contributed by atoms with E-state index in [2.05, 4.69) is 21.7 Å². The van der Waals surface area contributed by atoms with Gasteiger partial charge in [-0.1, -0.05) is 32.6 Å². The van der Waals surface area contributed by atoms with Crippen LogP contribution in [0.1, 0.15) is 74.7 Å². The molecule has 0 N–H and O–H groups in total. The molecule has 1 amide bonds. The van der Waals surface area contributed by atoms with E-state index in [0.29, 0.717) is 23.6 Å². The highest BCUT2D eigenvalue weighted by atomic mass is 16.2. The van der Waals surface area contributed by atoms with Crippen molar-refractivity contribution in [3.8, 4) is 0 Å². The Bertz CT molecular complexity index is 762. The Balaban J connectivity index is 1.57. The molecule has 2 unspecified atom stereocenters. The minimum atomic E-state index is 0.0850. The number of hydrogen-bond acceptors (Lipinski definition) is 3. The number of aromatic nitrogens is 3. The highest BCUT2D eigenvalue weighted by molar-refractivity contribution is 5.96. The summed E-state index contributed by atoms with van der Waals surface area (Å²) in [5.74, 6) is 0.659. The summed E-state index contributed by atoms with van der Waals surface area (Å²) in [5, 5.41) is 5.53. The van der Waals surface area contributed by atoms with Gasteiger partial charge in [-0.2, -0.15) is 5.10 Å². The van der Waals surface area contributed by atoms with E-state index in [1.54, 1.807) is 6.20 Å². The standard InChI is InChI=1S/C20H28N4O/c1-14-7-3-6-10-18(14)23(2)20(25)16-11-15-13-22-24(19(15)21-12-16)17-8-4-5-9-17/h11-14,17-18H,3-10H2,1-2H3. The molecule has 0 aromatic carbocycles. The molecule has 0 aliphatic heterocycles. The van der Waals surface area contributed by atoms with Crippen molar-refractivity contribution in [1.29, 1.82) is 0 Å². The average molecular weight is 340 g/mol. The van der Waals surface area contributed by atoms with E-state index in [-0.39, 0.29) is 5.91 Å². The number of amides is 1. The van der Waals surface area contributed by atoms with Gasteiger partial charge >= 0.3 is 0 Å². The maximum absolute atomic E-state index is 13.0. The van der Waals surface area contributed by atoms with Gasteiger partial charge in [0.1, 0.15) is 0 Å². The van der Waals surface area contributed by atoms with Crippen LogP contribution in [0.4, 0.5) is 0 Å². The van der Waals surface area contributed by atoms with E-state index >= 15 is 0 Å². The first-order valence-corrected chi connectivity index (χ1v) is 9.75. The molecule has 0 spiro atoms. The molecule has 134 valence electrons. The smallest absolute Gasteiger partial charge is 0.255 e. The zero-order valence-electron chi connectivity index (χ0n) is 15.3. The number of fused-ring (bicyclic) bond motifs is 1. The lowest BCUT2D eigenvalue weighted by Crippen LogP contribution is -2.42. The third-order valence-corrected chi connectivity index (χ3v) is 6.23. The van der Waals surface area contributed by atoms with Gasteiger partial charge < -0.3 is 4.90 Å². The second kappa shape index (κ2) is 6.77. The molecule has 25 heavy (non-hydrogen) atoms. The number of hydrogen-bond donors (Lipinski definition) is 0. The summed E-state index contributed by atoms with van der Waals surface area (Å²) < 4.78 is 2.06. The van der Waals surface area contributed by atoms with Crippen molar-refractivity contribution in [2.45, 2.75) is 70.4 Å². The van der Waals surface area contributed by atoms with Gasteiger partial charge in [0, 0.05) is 24.7 Å². The lowest BCUT2D eigenvalue weighted by molar-refractivity contribution is 0.0628. The summed E-state index contributed by atoms with van der Waals surface area (Å²) in [7, 11) is 1.95. The van der Waals surface area contributed by atoms with Gasteiger partial charge in [0.15, 0.2) is 5.65 Å². The van der Waals surface area contributed by atoms with E-state index < -0.39 is 0 Å². The van der Waals surface area contributed by atoms with Gasteiger partial charge in [0.2, 0.25) is 0 Å². The molecule has 2 aliphatic rings. The van der Waals surface area contributed by atoms with Crippen molar-refractivity contribution in [3.63, 3.8) is 0 Å². The molecule has 5 heteroatoms. The van der Waals surface area contributed by atoms with Crippen LogP contribution in [0.5, 0.6) is 0 Å². The molecular weight excluding hydrogens is 312 g/mol. The van der Waals surface area contributed by atoms with Gasteiger partial charge in [-0.25, -0.2) is 9.67 Å². The van der Waals surface area contributed by atoms with E-state index in [1.807, 2.05) is 24.2 Å². The lowest BCUT2D eigenvalue weighted by Gasteiger charge is -2.36. The summed E-state index contributed by atoms with van der Waals surface area (Å²) in [6.45, 7) is 2.26.